The summed E-state index contributed by atoms with van der Waals surface area (Å²) < 4.78 is 3.02. The van der Waals surface area contributed by atoms with Gasteiger partial charge in [0.1, 0.15) is 5.54 Å². The molecule has 0 spiro atoms. The molecule has 0 fully saturated rings. The van der Waals surface area contributed by atoms with E-state index >= 15 is 0 Å². The summed E-state index contributed by atoms with van der Waals surface area (Å²) in [6.07, 6.45) is 1.82. The van der Waals surface area contributed by atoms with Gasteiger partial charge < -0.3 is 5.32 Å². The molecule has 3 nitrogen and oxygen atoms in total. The van der Waals surface area contributed by atoms with Crippen molar-refractivity contribution in [2.24, 2.45) is 0 Å². The molecule has 1 atom stereocenters. The molecule has 0 unspecified atom stereocenters. The molecule has 1 N–H and O–H groups in total. The molecular weight excluding hydrogens is 310 g/mol. The standard InChI is InChI=1S/C13H12BrN3S/c1-13(9-3-2-4-10(14)7-9)11-5-6-15-17(11)8-12(18)16-13/h2-7H,8H2,1H3,(H,16,18)/t13-/m1/s1. The van der Waals surface area contributed by atoms with E-state index in [9.17, 15) is 0 Å². The largest absolute Gasteiger partial charge is 0.363 e. The van der Waals surface area contributed by atoms with Crippen molar-refractivity contribution in [3.8, 4) is 0 Å². The van der Waals surface area contributed by atoms with Gasteiger partial charge in [-0.1, -0.05) is 40.3 Å². The smallest absolute Gasteiger partial charge is 0.102 e. The third kappa shape index (κ3) is 1.78. The molecule has 92 valence electrons. The Morgan fingerprint density at radius 3 is 3.06 bits per heavy atom. The molecule has 18 heavy (non-hydrogen) atoms. The number of hydrogen-bond donors (Lipinski definition) is 1. The molecule has 2 aromatic rings. The highest BCUT2D eigenvalue weighted by Gasteiger charge is 2.36. The first-order chi connectivity index (χ1) is 8.59. The first-order valence-electron chi connectivity index (χ1n) is 5.69. The quantitative estimate of drug-likeness (QED) is 0.819. The van der Waals surface area contributed by atoms with E-state index in [1.165, 1.54) is 5.56 Å². The van der Waals surface area contributed by atoms with Gasteiger partial charge in [-0.15, -0.1) is 0 Å². The fourth-order valence-electron chi connectivity index (χ4n) is 2.42. The van der Waals surface area contributed by atoms with Crippen LogP contribution in [-0.4, -0.2) is 14.8 Å². The number of rotatable bonds is 1. The average molecular weight is 322 g/mol. The fraction of sp³-hybridized carbons (Fsp3) is 0.231. The van der Waals surface area contributed by atoms with E-state index in [1.54, 1.807) is 0 Å². The van der Waals surface area contributed by atoms with Crippen molar-refractivity contribution < 1.29 is 0 Å². The van der Waals surface area contributed by atoms with E-state index in [4.69, 9.17) is 12.2 Å². The molecule has 0 saturated carbocycles. The summed E-state index contributed by atoms with van der Waals surface area (Å²) in [5, 5.41) is 7.76. The lowest BCUT2D eigenvalue weighted by molar-refractivity contribution is 0.440. The second-order valence-electron chi connectivity index (χ2n) is 4.56. The highest BCUT2D eigenvalue weighted by atomic mass is 79.9. The maximum Gasteiger partial charge on any atom is 0.102 e. The second kappa shape index (κ2) is 4.17. The van der Waals surface area contributed by atoms with Crippen LogP contribution in [0.1, 0.15) is 18.2 Å². The Balaban J connectivity index is 2.18. The number of nitrogens with one attached hydrogen (secondary N) is 1. The highest BCUT2D eigenvalue weighted by molar-refractivity contribution is 9.10. The molecular formula is C13H12BrN3S. The SMILES string of the molecule is C[C@]1(c2cccc(Br)c2)NC(=S)Cn2nccc21. The van der Waals surface area contributed by atoms with Crippen LogP contribution in [0.15, 0.2) is 41.0 Å². The minimum absolute atomic E-state index is 0.324. The maximum absolute atomic E-state index is 5.35. The zero-order valence-electron chi connectivity index (χ0n) is 9.85. The summed E-state index contributed by atoms with van der Waals surface area (Å²) in [6.45, 7) is 2.79. The number of thiocarbonyl (C=S) groups is 1. The predicted molar refractivity (Wildman–Crippen MR) is 78.6 cm³/mol. The van der Waals surface area contributed by atoms with Gasteiger partial charge in [0, 0.05) is 10.7 Å². The lowest BCUT2D eigenvalue weighted by atomic mass is 9.87. The van der Waals surface area contributed by atoms with Gasteiger partial charge in [-0.05, 0) is 30.7 Å². The molecule has 3 rings (SSSR count). The normalized spacial score (nSPS) is 22.4. The molecule has 5 heteroatoms. The van der Waals surface area contributed by atoms with E-state index in [0.717, 1.165) is 15.2 Å². The summed E-state index contributed by atoms with van der Waals surface area (Å²) in [7, 11) is 0. The first kappa shape index (κ1) is 11.9. The lowest BCUT2D eigenvalue weighted by Crippen LogP contribution is -2.50. The number of fused-ring (bicyclic) bond motifs is 1. The lowest BCUT2D eigenvalue weighted by Gasteiger charge is -2.37. The Labute approximate surface area is 119 Å². The molecule has 0 saturated heterocycles. The van der Waals surface area contributed by atoms with Crippen LogP contribution in [0.4, 0.5) is 0 Å². The van der Waals surface area contributed by atoms with Gasteiger partial charge in [-0.3, -0.25) is 4.68 Å². The minimum Gasteiger partial charge on any atom is -0.363 e. The third-order valence-electron chi connectivity index (χ3n) is 3.31. The third-order valence-corrected chi connectivity index (χ3v) is 4.04. The monoisotopic (exact) mass is 321 g/mol. The number of benzene rings is 1. The fourth-order valence-corrected chi connectivity index (χ4v) is 3.15. The van der Waals surface area contributed by atoms with Crippen molar-refractivity contribution in [2.75, 3.05) is 0 Å². The summed E-state index contributed by atoms with van der Waals surface area (Å²) in [4.78, 5) is 0.814. The van der Waals surface area contributed by atoms with Gasteiger partial charge in [0.15, 0.2) is 0 Å². The average Bonchev–Trinajstić information content (AvgIpc) is 2.77. The number of hydrogen-bond acceptors (Lipinski definition) is 2. The summed E-state index contributed by atoms with van der Waals surface area (Å²) in [5.41, 5.74) is 1.98. The van der Waals surface area contributed by atoms with Crippen molar-refractivity contribution in [1.82, 2.24) is 15.1 Å². The molecule has 1 aromatic carbocycles. The predicted octanol–water partition coefficient (Wildman–Crippen LogP) is 2.84. The second-order valence-corrected chi connectivity index (χ2v) is 5.97. The summed E-state index contributed by atoms with van der Waals surface area (Å²) in [6, 6.07) is 10.3. The molecule has 1 aromatic heterocycles. The molecule has 0 bridgehead atoms. The molecule has 0 amide bonds. The van der Waals surface area contributed by atoms with Crippen molar-refractivity contribution in [3.63, 3.8) is 0 Å². The van der Waals surface area contributed by atoms with Crippen LogP contribution in [-0.2, 0) is 12.1 Å². The van der Waals surface area contributed by atoms with E-state index < -0.39 is 0 Å². The van der Waals surface area contributed by atoms with E-state index in [2.05, 4.69) is 45.4 Å². The zero-order chi connectivity index (χ0) is 12.8. The first-order valence-corrected chi connectivity index (χ1v) is 6.89. The summed E-state index contributed by atoms with van der Waals surface area (Å²) >= 11 is 8.86. The molecule has 2 heterocycles. The number of halogens is 1. The maximum atomic E-state index is 5.35. The zero-order valence-corrected chi connectivity index (χ0v) is 12.3. The topological polar surface area (TPSA) is 29.9 Å². The molecule has 0 radical (unpaired) electrons. The van der Waals surface area contributed by atoms with E-state index in [0.29, 0.717) is 6.54 Å². The molecule has 1 aliphatic heterocycles. The van der Waals surface area contributed by atoms with Gasteiger partial charge >= 0.3 is 0 Å². The van der Waals surface area contributed by atoms with Crippen LogP contribution >= 0.6 is 28.1 Å². The minimum atomic E-state index is -0.324. The van der Waals surface area contributed by atoms with Crippen LogP contribution in [0.3, 0.4) is 0 Å². The Kier molecular flexibility index (Phi) is 2.75. The van der Waals surface area contributed by atoms with Gasteiger partial charge in [-0.2, -0.15) is 5.10 Å². The van der Waals surface area contributed by atoms with Crippen LogP contribution in [0.5, 0.6) is 0 Å². The number of aromatic nitrogens is 2. The van der Waals surface area contributed by atoms with Crippen LogP contribution in [0, 0.1) is 0 Å². The van der Waals surface area contributed by atoms with E-state index in [-0.39, 0.29) is 5.54 Å². The highest BCUT2D eigenvalue weighted by Crippen LogP contribution is 2.32. The van der Waals surface area contributed by atoms with Crippen molar-refractivity contribution >= 4 is 33.1 Å². The molecule has 1 aliphatic rings. The van der Waals surface area contributed by atoms with Crippen molar-refractivity contribution in [2.45, 2.75) is 19.0 Å². The van der Waals surface area contributed by atoms with Gasteiger partial charge in [0.2, 0.25) is 0 Å². The van der Waals surface area contributed by atoms with Crippen LogP contribution in [0.2, 0.25) is 0 Å². The Morgan fingerprint density at radius 2 is 2.28 bits per heavy atom. The summed E-state index contributed by atoms with van der Waals surface area (Å²) in [5.74, 6) is 0. The van der Waals surface area contributed by atoms with Crippen molar-refractivity contribution in [1.29, 1.82) is 0 Å². The van der Waals surface area contributed by atoms with Gasteiger partial charge in [0.25, 0.3) is 0 Å². The van der Waals surface area contributed by atoms with Gasteiger partial charge in [-0.25, -0.2) is 0 Å². The Hall–Kier alpha value is -1.20. The Morgan fingerprint density at radius 1 is 1.44 bits per heavy atom. The van der Waals surface area contributed by atoms with Gasteiger partial charge in [0.05, 0.1) is 17.2 Å². The number of nitrogens with zero attached hydrogens (tertiary/aromatic N) is 2. The van der Waals surface area contributed by atoms with Crippen LogP contribution < -0.4 is 5.32 Å². The van der Waals surface area contributed by atoms with E-state index in [1.807, 2.05) is 29.1 Å². The van der Waals surface area contributed by atoms with Crippen molar-refractivity contribution in [3.05, 3.63) is 52.3 Å². The molecule has 0 aliphatic carbocycles. The van der Waals surface area contributed by atoms with Crippen LogP contribution in [0.25, 0.3) is 0 Å². The Bertz CT molecular complexity index is 622.